The Balaban J connectivity index is 2.22. The van der Waals surface area contributed by atoms with E-state index in [0.29, 0.717) is 12.0 Å². The van der Waals surface area contributed by atoms with Crippen LogP contribution in [0.1, 0.15) is 13.8 Å². The monoisotopic (exact) mass is 234 g/mol. The first-order valence-corrected chi connectivity index (χ1v) is 6.32. The first-order valence-electron chi connectivity index (χ1n) is 6.32. The van der Waals surface area contributed by atoms with E-state index in [1.807, 2.05) is 6.07 Å². The van der Waals surface area contributed by atoms with Crippen molar-refractivity contribution < 1.29 is 4.74 Å². The summed E-state index contributed by atoms with van der Waals surface area (Å²) in [5.41, 5.74) is 1.26. The van der Waals surface area contributed by atoms with E-state index in [0.717, 1.165) is 25.4 Å². The minimum Gasteiger partial charge on any atom is -0.497 e. The molecule has 0 amide bonds. The van der Waals surface area contributed by atoms with Gasteiger partial charge < -0.3 is 15.0 Å². The lowest BCUT2D eigenvalue weighted by molar-refractivity contribution is 0.414. The highest BCUT2D eigenvalue weighted by Crippen LogP contribution is 2.24. The van der Waals surface area contributed by atoms with Gasteiger partial charge in [-0.3, -0.25) is 0 Å². The van der Waals surface area contributed by atoms with Crippen molar-refractivity contribution in [3.8, 4) is 5.75 Å². The first kappa shape index (κ1) is 12.2. The van der Waals surface area contributed by atoms with Crippen LogP contribution in [0, 0.1) is 5.92 Å². The summed E-state index contributed by atoms with van der Waals surface area (Å²) >= 11 is 0. The van der Waals surface area contributed by atoms with Gasteiger partial charge >= 0.3 is 0 Å². The molecule has 1 aliphatic heterocycles. The van der Waals surface area contributed by atoms with Crippen molar-refractivity contribution in [2.24, 2.45) is 5.92 Å². The third-order valence-electron chi connectivity index (χ3n) is 3.36. The molecule has 0 spiro atoms. The van der Waals surface area contributed by atoms with Crippen LogP contribution < -0.4 is 15.0 Å². The van der Waals surface area contributed by atoms with Crippen LogP contribution in [0.3, 0.4) is 0 Å². The molecule has 1 aromatic rings. The topological polar surface area (TPSA) is 24.5 Å². The Kier molecular flexibility index (Phi) is 3.89. The van der Waals surface area contributed by atoms with Crippen LogP contribution in [-0.4, -0.2) is 32.8 Å². The van der Waals surface area contributed by atoms with E-state index in [1.54, 1.807) is 7.11 Å². The Morgan fingerprint density at radius 2 is 2.12 bits per heavy atom. The van der Waals surface area contributed by atoms with Crippen LogP contribution in [-0.2, 0) is 0 Å². The van der Waals surface area contributed by atoms with Gasteiger partial charge in [0.25, 0.3) is 0 Å². The van der Waals surface area contributed by atoms with Crippen molar-refractivity contribution in [3.05, 3.63) is 24.3 Å². The zero-order valence-corrected chi connectivity index (χ0v) is 10.9. The van der Waals surface area contributed by atoms with Crippen LogP contribution in [0.2, 0.25) is 0 Å². The fourth-order valence-electron chi connectivity index (χ4n) is 2.38. The minimum absolute atomic E-state index is 0.520. The molecule has 0 aliphatic carbocycles. The summed E-state index contributed by atoms with van der Waals surface area (Å²) in [5.74, 6) is 1.60. The van der Waals surface area contributed by atoms with Gasteiger partial charge in [-0.2, -0.15) is 0 Å². The van der Waals surface area contributed by atoms with E-state index >= 15 is 0 Å². The standard InChI is InChI=1S/C14H22N2O/c1-11-8-15-9-12(2)16(10-11)13-5-4-6-14(7-13)17-3/h4-7,11-12,15H,8-10H2,1-3H3. The molecule has 3 nitrogen and oxygen atoms in total. The van der Waals surface area contributed by atoms with Gasteiger partial charge in [-0.25, -0.2) is 0 Å². The summed E-state index contributed by atoms with van der Waals surface area (Å²) < 4.78 is 5.30. The number of hydrogen-bond acceptors (Lipinski definition) is 3. The number of nitrogens with zero attached hydrogens (tertiary/aromatic N) is 1. The highest BCUT2D eigenvalue weighted by Gasteiger charge is 2.20. The molecule has 2 atom stereocenters. The second kappa shape index (κ2) is 5.41. The van der Waals surface area contributed by atoms with E-state index in [-0.39, 0.29) is 0 Å². The van der Waals surface area contributed by atoms with Crippen molar-refractivity contribution in [2.45, 2.75) is 19.9 Å². The molecule has 0 radical (unpaired) electrons. The van der Waals surface area contributed by atoms with Gasteiger partial charge in [-0.15, -0.1) is 0 Å². The van der Waals surface area contributed by atoms with Crippen molar-refractivity contribution in [3.63, 3.8) is 0 Å². The van der Waals surface area contributed by atoms with Crippen LogP contribution in [0.15, 0.2) is 24.3 Å². The molecule has 1 aliphatic rings. The highest BCUT2D eigenvalue weighted by atomic mass is 16.5. The smallest absolute Gasteiger partial charge is 0.120 e. The Hall–Kier alpha value is -1.22. The molecule has 1 fully saturated rings. The summed E-state index contributed by atoms with van der Waals surface area (Å²) in [6, 6.07) is 8.86. The van der Waals surface area contributed by atoms with Crippen LogP contribution in [0.4, 0.5) is 5.69 Å². The molecule has 0 aromatic heterocycles. The molecule has 1 heterocycles. The van der Waals surface area contributed by atoms with Crippen molar-refractivity contribution in [2.75, 3.05) is 31.6 Å². The number of anilines is 1. The molecular weight excluding hydrogens is 212 g/mol. The Bertz CT molecular complexity index is 367. The lowest BCUT2D eigenvalue weighted by atomic mass is 10.1. The second-order valence-electron chi connectivity index (χ2n) is 4.97. The maximum absolute atomic E-state index is 5.30. The molecule has 2 rings (SSSR count). The third-order valence-corrected chi connectivity index (χ3v) is 3.36. The molecule has 0 bridgehead atoms. The fraction of sp³-hybridized carbons (Fsp3) is 0.571. The van der Waals surface area contributed by atoms with Crippen LogP contribution in [0.5, 0.6) is 5.75 Å². The molecule has 2 unspecified atom stereocenters. The summed E-state index contributed by atoms with van der Waals surface area (Å²) in [6.07, 6.45) is 0. The quantitative estimate of drug-likeness (QED) is 0.848. The van der Waals surface area contributed by atoms with E-state index < -0.39 is 0 Å². The van der Waals surface area contributed by atoms with Gasteiger partial charge in [0.2, 0.25) is 0 Å². The SMILES string of the molecule is COc1cccc(N2CC(C)CNCC2C)c1. The molecule has 0 saturated carbocycles. The minimum atomic E-state index is 0.520. The number of rotatable bonds is 2. The summed E-state index contributed by atoms with van der Waals surface area (Å²) in [6.45, 7) is 7.80. The van der Waals surface area contributed by atoms with E-state index in [9.17, 15) is 0 Å². The van der Waals surface area contributed by atoms with Gasteiger partial charge in [0.15, 0.2) is 0 Å². The third kappa shape index (κ3) is 2.91. The average Bonchev–Trinajstić information content (AvgIpc) is 2.51. The highest BCUT2D eigenvalue weighted by molar-refractivity contribution is 5.51. The second-order valence-corrected chi connectivity index (χ2v) is 4.97. The summed E-state index contributed by atoms with van der Waals surface area (Å²) in [4.78, 5) is 2.47. The Labute approximate surface area is 104 Å². The molecule has 1 N–H and O–H groups in total. The molecule has 1 saturated heterocycles. The number of ether oxygens (including phenoxy) is 1. The largest absolute Gasteiger partial charge is 0.497 e. The predicted molar refractivity (Wildman–Crippen MR) is 71.8 cm³/mol. The van der Waals surface area contributed by atoms with Gasteiger partial charge in [0.05, 0.1) is 7.11 Å². The molecule has 3 heteroatoms. The zero-order chi connectivity index (χ0) is 12.3. The van der Waals surface area contributed by atoms with Crippen molar-refractivity contribution in [1.29, 1.82) is 0 Å². The zero-order valence-electron chi connectivity index (χ0n) is 10.9. The molecule has 94 valence electrons. The fourth-order valence-corrected chi connectivity index (χ4v) is 2.38. The summed E-state index contributed by atoms with van der Waals surface area (Å²) in [7, 11) is 1.72. The summed E-state index contributed by atoms with van der Waals surface area (Å²) in [5, 5.41) is 3.50. The van der Waals surface area contributed by atoms with E-state index in [2.05, 4.69) is 42.3 Å². The van der Waals surface area contributed by atoms with E-state index in [4.69, 9.17) is 4.74 Å². The molecule has 17 heavy (non-hydrogen) atoms. The molecular formula is C14H22N2O. The van der Waals surface area contributed by atoms with Crippen LogP contribution >= 0.6 is 0 Å². The number of methoxy groups -OCH3 is 1. The first-order chi connectivity index (χ1) is 8.20. The van der Waals surface area contributed by atoms with Gasteiger partial charge in [0, 0.05) is 30.9 Å². The maximum Gasteiger partial charge on any atom is 0.120 e. The van der Waals surface area contributed by atoms with Crippen molar-refractivity contribution >= 4 is 5.69 Å². The molecule has 1 aromatic carbocycles. The maximum atomic E-state index is 5.30. The Morgan fingerprint density at radius 3 is 2.88 bits per heavy atom. The normalized spacial score (nSPS) is 25.5. The Morgan fingerprint density at radius 1 is 1.29 bits per heavy atom. The van der Waals surface area contributed by atoms with Crippen LogP contribution in [0.25, 0.3) is 0 Å². The van der Waals surface area contributed by atoms with Crippen molar-refractivity contribution in [1.82, 2.24) is 5.32 Å². The number of hydrogen-bond donors (Lipinski definition) is 1. The average molecular weight is 234 g/mol. The number of benzene rings is 1. The van der Waals surface area contributed by atoms with E-state index in [1.165, 1.54) is 5.69 Å². The lowest BCUT2D eigenvalue weighted by Gasteiger charge is -2.30. The lowest BCUT2D eigenvalue weighted by Crippen LogP contribution is -2.37. The van der Waals surface area contributed by atoms with Gasteiger partial charge in [0.1, 0.15) is 5.75 Å². The van der Waals surface area contributed by atoms with Gasteiger partial charge in [-0.05, 0) is 31.5 Å². The predicted octanol–water partition coefficient (Wildman–Crippen LogP) is 2.13. The number of nitrogens with one attached hydrogen (secondary N) is 1. The van der Waals surface area contributed by atoms with Gasteiger partial charge in [-0.1, -0.05) is 13.0 Å².